The van der Waals surface area contributed by atoms with Gasteiger partial charge in [0.15, 0.2) is 0 Å². The van der Waals surface area contributed by atoms with Crippen molar-refractivity contribution in [3.05, 3.63) is 65.2 Å². The Morgan fingerprint density at radius 1 is 1.11 bits per heavy atom. The van der Waals surface area contributed by atoms with E-state index in [1.54, 1.807) is 12.1 Å². The number of amides is 1. The Labute approximate surface area is 163 Å². The second-order valence-electron chi connectivity index (χ2n) is 7.98. The summed E-state index contributed by atoms with van der Waals surface area (Å²) in [4.78, 5) is 12.4. The lowest BCUT2D eigenvalue weighted by molar-refractivity contribution is -0.131. The number of rotatable bonds is 4. The zero-order valence-corrected chi connectivity index (χ0v) is 16.2. The minimum atomic E-state index is -0.637. The van der Waals surface area contributed by atoms with E-state index in [4.69, 9.17) is 4.74 Å². The summed E-state index contributed by atoms with van der Waals surface area (Å²) in [5.41, 5.74) is 0.450. The van der Waals surface area contributed by atoms with Gasteiger partial charge in [-0.05, 0) is 42.8 Å². The highest BCUT2D eigenvalue weighted by Gasteiger charge is 2.41. The quantitative estimate of drug-likeness (QED) is 0.790. The summed E-state index contributed by atoms with van der Waals surface area (Å²) in [7, 11) is 0. The molecule has 1 aliphatic heterocycles. The molecule has 0 unspecified atom stereocenters. The van der Waals surface area contributed by atoms with Gasteiger partial charge in [0.2, 0.25) is 5.91 Å². The molecule has 1 fully saturated rings. The van der Waals surface area contributed by atoms with Gasteiger partial charge >= 0.3 is 0 Å². The van der Waals surface area contributed by atoms with Crippen LogP contribution in [0.25, 0.3) is 0 Å². The van der Waals surface area contributed by atoms with Gasteiger partial charge in [-0.3, -0.25) is 4.79 Å². The summed E-state index contributed by atoms with van der Waals surface area (Å²) < 4.78 is 33.3. The Balaban J connectivity index is 1.96. The van der Waals surface area contributed by atoms with Gasteiger partial charge in [-0.25, -0.2) is 8.78 Å². The molecule has 6 heteroatoms. The van der Waals surface area contributed by atoms with E-state index >= 15 is 0 Å². The van der Waals surface area contributed by atoms with E-state index in [1.807, 2.05) is 20.8 Å². The van der Waals surface area contributed by atoms with E-state index in [1.165, 1.54) is 30.3 Å². The first-order valence-corrected chi connectivity index (χ1v) is 9.38. The van der Waals surface area contributed by atoms with Crippen molar-refractivity contribution in [2.75, 3.05) is 0 Å². The van der Waals surface area contributed by atoms with Crippen LogP contribution in [0.4, 0.5) is 8.78 Å². The van der Waals surface area contributed by atoms with E-state index in [0.29, 0.717) is 18.4 Å². The van der Waals surface area contributed by atoms with Crippen molar-refractivity contribution in [2.24, 2.45) is 5.92 Å². The molecule has 3 rings (SSSR count). The number of aromatic hydroxyl groups is 1. The molecule has 2 aromatic rings. The fourth-order valence-electron chi connectivity index (χ4n) is 3.58. The fraction of sp³-hybridized carbons (Fsp3) is 0.409. The molecular weight excluding hydrogens is 364 g/mol. The number of ether oxygens (including phenoxy) is 1. The van der Waals surface area contributed by atoms with Gasteiger partial charge in [-0.15, -0.1) is 0 Å². The lowest BCUT2D eigenvalue weighted by Crippen LogP contribution is -2.52. The molecule has 28 heavy (non-hydrogen) atoms. The Kier molecular flexibility index (Phi) is 5.70. The normalized spacial score (nSPS) is 24.9. The van der Waals surface area contributed by atoms with Crippen molar-refractivity contribution in [3.8, 4) is 5.75 Å². The lowest BCUT2D eigenvalue weighted by atomic mass is 9.81. The predicted molar refractivity (Wildman–Crippen MR) is 102 cm³/mol. The number of nitrogens with one attached hydrogen (secondary N) is 1. The van der Waals surface area contributed by atoms with Crippen LogP contribution in [0.3, 0.4) is 0 Å². The summed E-state index contributed by atoms with van der Waals surface area (Å²) in [5, 5.41) is 13.3. The first kappa shape index (κ1) is 20.3. The zero-order chi connectivity index (χ0) is 20.5. The summed E-state index contributed by atoms with van der Waals surface area (Å²) in [5.74, 6) is -1.18. The third kappa shape index (κ3) is 4.50. The number of hydrogen-bond donors (Lipinski definition) is 2. The van der Waals surface area contributed by atoms with Crippen molar-refractivity contribution >= 4 is 5.91 Å². The minimum Gasteiger partial charge on any atom is -0.508 e. The zero-order valence-electron chi connectivity index (χ0n) is 16.2. The number of carbonyl (C=O) groups is 1. The van der Waals surface area contributed by atoms with Crippen LogP contribution in [-0.4, -0.2) is 16.6 Å². The summed E-state index contributed by atoms with van der Waals surface area (Å²) in [6, 6.07) is 9.70. The number of phenols is 1. The van der Waals surface area contributed by atoms with Crippen LogP contribution in [0.2, 0.25) is 0 Å². The van der Waals surface area contributed by atoms with Crippen molar-refractivity contribution < 1.29 is 23.4 Å². The number of halogens is 2. The largest absolute Gasteiger partial charge is 0.508 e. The summed E-state index contributed by atoms with van der Waals surface area (Å²) in [6.45, 7) is 5.53. The topological polar surface area (TPSA) is 58.6 Å². The van der Waals surface area contributed by atoms with Crippen molar-refractivity contribution in [1.29, 1.82) is 0 Å². The van der Waals surface area contributed by atoms with Crippen LogP contribution in [-0.2, 0) is 9.53 Å². The van der Waals surface area contributed by atoms with Gasteiger partial charge in [-0.1, -0.05) is 26.0 Å². The average molecular weight is 389 g/mol. The highest BCUT2D eigenvalue weighted by atomic mass is 19.1. The van der Waals surface area contributed by atoms with E-state index < -0.39 is 23.6 Å². The van der Waals surface area contributed by atoms with Crippen LogP contribution < -0.4 is 5.32 Å². The molecule has 1 heterocycles. The molecule has 4 nitrogen and oxygen atoms in total. The van der Waals surface area contributed by atoms with Gasteiger partial charge in [0.05, 0.1) is 12.2 Å². The Bertz CT molecular complexity index is 853. The number of hydrogen-bond acceptors (Lipinski definition) is 3. The number of phenolic OH excluding ortho intramolecular Hbond substituents is 1. The Hall–Kier alpha value is -2.47. The van der Waals surface area contributed by atoms with Crippen molar-refractivity contribution in [2.45, 2.75) is 51.4 Å². The Morgan fingerprint density at radius 3 is 2.36 bits per heavy atom. The van der Waals surface area contributed by atoms with Crippen LogP contribution >= 0.6 is 0 Å². The van der Waals surface area contributed by atoms with Crippen LogP contribution in [0.15, 0.2) is 42.5 Å². The molecule has 0 aliphatic carbocycles. The molecule has 1 amide bonds. The van der Waals surface area contributed by atoms with Gasteiger partial charge in [0.25, 0.3) is 0 Å². The van der Waals surface area contributed by atoms with E-state index in [-0.39, 0.29) is 23.4 Å². The van der Waals surface area contributed by atoms with Gasteiger partial charge in [-0.2, -0.15) is 0 Å². The molecule has 0 spiro atoms. The highest BCUT2D eigenvalue weighted by molar-refractivity contribution is 5.78. The standard InChI is InChI=1S/C22H25F2NO3/c1-13(2)21(27)25-22(3)11-19(14-4-6-15(23)7-5-14)28-20(12-22)17-10-16(24)8-9-18(17)26/h4-10,13,19-20,26H,11-12H2,1-3H3,(H,25,27)/t19-,20+,22+/m0/s1. The molecule has 150 valence electrons. The minimum absolute atomic E-state index is 0.0660. The summed E-state index contributed by atoms with van der Waals surface area (Å²) >= 11 is 0. The molecule has 0 aromatic heterocycles. The monoisotopic (exact) mass is 389 g/mol. The van der Waals surface area contributed by atoms with Gasteiger partial charge in [0.1, 0.15) is 17.4 Å². The average Bonchev–Trinajstić information content (AvgIpc) is 2.63. The maximum atomic E-state index is 13.8. The first-order chi connectivity index (χ1) is 13.2. The van der Waals surface area contributed by atoms with Crippen molar-refractivity contribution in [3.63, 3.8) is 0 Å². The smallest absolute Gasteiger partial charge is 0.222 e. The number of carbonyl (C=O) groups excluding carboxylic acids is 1. The molecule has 0 radical (unpaired) electrons. The predicted octanol–water partition coefficient (Wildman–Crippen LogP) is 4.79. The molecule has 2 N–H and O–H groups in total. The van der Waals surface area contributed by atoms with Crippen molar-refractivity contribution in [1.82, 2.24) is 5.32 Å². The highest BCUT2D eigenvalue weighted by Crippen LogP contribution is 2.45. The van der Waals surface area contributed by atoms with E-state index in [0.717, 1.165) is 5.56 Å². The summed E-state index contributed by atoms with van der Waals surface area (Å²) in [6.07, 6.45) is -0.222. The van der Waals surface area contributed by atoms with E-state index in [9.17, 15) is 18.7 Å². The lowest BCUT2D eigenvalue weighted by Gasteiger charge is -2.43. The molecule has 1 saturated heterocycles. The van der Waals surface area contributed by atoms with E-state index in [2.05, 4.69) is 5.32 Å². The Morgan fingerprint density at radius 2 is 1.71 bits per heavy atom. The second-order valence-corrected chi connectivity index (χ2v) is 7.98. The number of benzene rings is 2. The maximum absolute atomic E-state index is 13.8. The van der Waals surface area contributed by atoms with Crippen LogP contribution in [0.5, 0.6) is 5.75 Å². The second kappa shape index (κ2) is 7.87. The molecular formula is C22H25F2NO3. The molecule has 1 aliphatic rings. The maximum Gasteiger partial charge on any atom is 0.222 e. The SMILES string of the molecule is CC(C)C(=O)N[C@]1(C)C[C@@H](c2ccc(F)cc2)O[C@@H](c2cc(F)ccc2O)C1. The fourth-order valence-corrected chi connectivity index (χ4v) is 3.58. The molecule has 0 bridgehead atoms. The molecule has 2 aromatic carbocycles. The van der Waals surface area contributed by atoms with Crippen LogP contribution in [0.1, 0.15) is 56.9 Å². The third-order valence-electron chi connectivity index (χ3n) is 5.13. The van der Waals surface area contributed by atoms with Gasteiger partial charge in [0, 0.05) is 29.9 Å². The van der Waals surface area contributed by atoms with Gasteiger partial charge < -0.3 is 15.2 Å². The molecule has 3 atom stereocenters. The van der Waals surface area contributed by atoms with Crippen LogP contribution in [0, 0.1) is 17.6 Å². The first-order valence-electron chi connectivity index (χ1n) is 9.38. The third-order valence-corrected chi connectivity index (χ3v) is 5.13. The molecule has 0 saturated carbocycles.